The molecule has 6 nitrogen and oxygen atoms in total. The Hall–Kier alpha value is -1.56. The maximum atomic E-state index is 6.17. The molecule has 5 rings (SSSR count). The van der Waals surface area contributed by atoms with E-state index in [9.17, 15) is 0 Å². The Morgan fingerprint density at radius 3 is 2.34 bits per heavy atom. The van der Waals surface area contributed by atoms with Crippen LogP contribution in [-0.4, -0.2) is 54.1 Å². The number of hydrogen-bond acceptors (Lipinski definition) is 6. The van der Waals surface area contributed by atoms with Crippen LogP contribution in [0.5, 0.6) is 0 Å². The van der Waals surface area contributed by atoms with Crippen LogP contribution in [0.1, 0.15) is 110 Å². The Balaban J connectivity index is 0.938. The minimum atomic E-state index is 0.571. The van der Waals surface area contributed by atoms with Crippen molar-refractivity contribution in [3.8, 4) is 0 Å². The standard InChI is InChI=1S/C32H56N6/c1-3-16-37-17-19-38(20-18-37)30-21-29(33)35-31(36-30)34-24-26-12-10-25(11-13-26)8-6-4-5-7-9-27-22-32(2)15-14-28(27)23-32/h21,25-28H,3-20,22-24H2,1-2H3,(H3,33,34,35,36)/t25?,26?,27?,28-,32-/m1/s1. The van der Waals surface area contributed by atoms with Gasteiger partial charge in [-0.3, -0.25) is 4.90 Å². The van der Waals surface area contributed by atoms with Crippen LogP contribution < -0.4 is 16.0 Å². The lowest BCUT2D eigenvalue weighted by Crippen LogP contribution is -2.46. The molecule has 4 fully saturated rings. The third kappa shape index (κ3) is 7.55. The second kappa shape index (κ2) is 13.2. The van der Waals surface area contributed by atoms with E-state index < -0.39 is 0 Å². The Morgan fingerprint density at radius 2 is 1.66 bits per heavy atom. The monoisotopic (exact) mass is 524 g/mol. The molecule has 3 saturated carbocycles. The lowest BCUT2D eigenvalue weighted by molar-refractivity contribution is 0.249. The fraction of sp³-hybridized carbons (Fsp3) is 0.875. The van der Waals surface area contributed by atoms with Gasteiger partial charge in [0.1, 0.15) is 11.6 Å². The van der Waals surface area contributed by atoms with Crippen molar-refractivity contribution >= 4 is 17.6 Å². The smallest absolute Gasteiger partial charge is 0.226 e. The van der Waals surface area contributed by atoms with E-state index >= 15 is 0 Å². The van der Waals surface area contributed by atoms with Crippen molar-refractivity contribution in [3.05, 3.63) is 6.07 Å². The summed E-state index contributed by atoms with van der Waals surface area (Å²) in [6.07, 6.45) is 21.7. The Morgan fingerprint density at radius 1 is 0.921 bits per heavy atom. The Bertz CT molecular complexity index is 860. The van der Waals surface area contributed by atoms with Gasteiger partial charge in [0, 0.05) is 38.8 Å². The van der Waals surface area contributed by atoms with E-state index in [1.54, 1.807) is 6.42 Å². The molecule has 214 valence electrons. The molecule has 38 heavy (non-hydrogen) atoms. The fourth-order valence-corrected chi connectivity index (χ4v) is 8.46. The first kappa shape index (κ1) is 28.0. The summed E-state index contributed by atoms with van der Waals surface area (Å²) in [4.78, 5) is 14.2. The van der Waals surface area contributed by atoms with Crippen LogP contribution in [0.3, 0.4) is 0 Å². The number of anilines is 3. The van der Waals surface area contributed by atoms with Crippen LogP contribution in [0.25, 0.3) is 0 Å². The van der Waals surface area contributed by atoms with Gasteiger partial charge in [-0.15, -0.1) is 0 Å². The van der Waals surface area contributed by atoms with Gasteiger partial charge in [0.2, 0.25) is 5.95 Å². The van der Waals surface area contributed by atoms with E-state index in [1.165, 1.54) is 96.4 Å². The van der Waals surface area contributed by atoms with Crippen LogP contribution in [0.2, 0.25) is 0 Å². The molecule has 3 N–H and O–H groups in total. The third-order valence-electron chi connectivity index (χ3n) is 10.7. The van der Waals surface area contributed by atoms with Gasteiger partial charge in [-0.2, -0.15) is 9.97 Å². The van der Waals surface area contributed by atoms with Crippen molar-refractivity contribution in [1.29, 1.82) is 0 Å². The number of unbranched alkanes of at least 4 members (excludes halogenated alkanes) is 3. The van der Waals surface area contributed by atoms with E-state index in [-0.39, 0.29) is 0 Å². The minimum Gasteiger partial charge on any atom is -0.383 e. The molecule has 1 unspecified atom stereocenters. The molecule has 3 atom stereocenters. The average molecular weight is 525 g/mol. The zero-order chi connectivity index (χ0) is 26.4. The maximum absolute atomic E-state index is 6.17. The summed E-state index contributed by atoms with van der Waals surface area (Å²) in [6.45, 7) is 11.2. The van der Waals surface area contributed by atoms with Crippen LogP contribution in [0.15, 0.2) is 6.07 Å². The molecule has 3 aliphatic carbocycles. The van der Waals surface area contributed by atoms with Gasteiger partial charge < -0.3 is 16.0 Å². The third-order valence-corrected chi connectivity index (χ3v) is 10.7. The highest BCUT2D eigenvalue weighted by Crippen LogP contribution is 2.57. The summed E-state index contributed by atoms with van der Waals surface area (Å²) < 4.78 is 0. The molecular formula is C32H56N6. The van der Waals surface area contributed by atoms with Crippen LogP contribution in [0.4, 0.5) is 17.6 Å². The molecular weight excluding hydrogens is 468 g/mol. The molecule has 6 heteroatoms. The van der Waals surface area contributed by atoms with Gasteiger partial charge in [-0.05, 0) is 80.6 Å². The van der Waals surface area contributed by atoms with Crippen molar-refractivity contribution in [2.75, 3.05) is 55.2 Å². The van der Waals surface area contributed by atoms with Gasteiger partial charge in [0.15, 0.2) is 0 Å². The van der Waals surface area contributed by atoms with Gasteiger partial charge in [0.25, 0.3) is 0 Å². The van der Waals surface area contributed by atoms with E-state index in [1.807, 2.05) is 6.07 Å². The first-order chi connectivity index (χ1) is 18.5. The van der Waals surface area contributed by atoms with Gasteiger partial charge in [-0.1, -0.05) is 65.2 Å². The highest BCUT2D eigenvalue weighted by Gasteiger charge is 2.46. The maximum Gasteiger partial charge on any atom is 0.226 e. The first-order valence-corrected chi connectivity index (χ1v) is 16.4. The Labute approximate surface area is 232 Å². The normalized spacial score (nSPS) is 31.7. The molecule has 2 heterocycles. The van der Waals surface area contributed by atoms with Crippen molar-refractivity contribution in [3.63, 3.8) is 0 Å². The highest BCUT2D eigenvalue weighted by atomic mass is 15.3. The summed E-state index contributed by atoms with van der Waals surface area (Å²) in [5.41, 5.74) is 6.90. The molecule has 2 bridgehead atoms. The first-order valence-electron chi connectivity index (χ1n) is 16.4. The summed E-state index contributed by atoms with van der Waals surface area (Å²) in [5.74, 6) is 6.11. The number of nitrogens with zero attached hydrogens (tertiary/aromatic N) is 4. The summed E-state index contributed by atoms with van der Waals surface area (Å²) >= 11 is 0. The van der Waals surface area contributed by atoms with Gasteiger partial charge in [-0.25, -0.2) is 0 Å². The molecule has 4 aliphatic rings. The van der Waals surface area contributed by atoms with Crippen molar-refractivity contribution in [1.82, 2.24) is 14.9 Å². The second-order valence-corrected chi connectivity index (χ2v) is 13.8. The summed E-state index contributed by atoms with van der Waals surface area (Å²) in [5, 5.41) is 3.54. The molecule has 0 aromatic carbocycles. The average Bonchev–Trinajstić information content (AvgIpc) is 3.46. The van der Waals surface area contributed by atoms with Crippen molar-refractivity contribution in [2.45, 2.75) is 110 Å². The van der Waals surface area contributed by atoms with Gasteiger partial charge in [0.05, 0.1) is 0 Å². The van der Waals surface area contributed by atoms with E-state index in [2.05, 4.69) is 33.9 Å². The Kier molecular flexibility index (Phi) is 9.72. The molecule has 1 aromatic rings. The zero-order valence-electron chi connectivity index (χ0n) is 24.6. The minimum absolute atomic E-state index is 0.571. The number of hydrogen-bond donors (Lipinski definition) is 2. The zero-order valence-corrected chi connectivity index (χ0v) is 24.6. The number of nitrogens with one attached hydrogen (secondary N) is 1. The SMILES string of the molecule is CCCN1CCN(c2cc(N)nc(NCC3CCC(CCCCCCC4C[C@@]5(C)CC[C@@H]4C5)CC3)n2)CC1. The van der Waals surface area contributed by atoms with E-state index in [4.69, 9.17) is 10.7 Å². The quantitative estimate of drug-likeness (QED) is 0.271. The predicted molar refractivity (Wildman–Crippen MR) is 161 cm³/mol. The molecule has 0 amide bonds. The number of piperazine rings is 1. The number of rotatable bonds is 13. The molecule has 1 saturated heterocycles. The van der Waals surface area contributed by atoms with Crippen LogP contribution >= 0.6 is 0 Å². The lowest BCUT2D eigenvalue weighted by Gasteiger charge is -2.35. The largest absolute Gasteiger partial charge is 0.383 e. The lowest BCUT2D eigenvalue weighted by atomic mass is 9.79. The highest BCUT2D eigenvalue weighted by molar-refractivity contribution is 5.51. The van der Waals surface area contributed by atoms with E-state index in [0.717, 1.165) is 67.6 Å². The van der Waals surface area contributed by atoms with Crippen LogP contribution in [-0.2, 0) is 0 Å². The topological polar surface area (TPSA) is 70.3 Å². The van der Waals surface area contributed by atoms with Gasteiger partial charge >= 0.3 is 0 Å². The molecule has 0 spiro atoms. The second-order valence-electron chi connectivity index (χ2n) is 13.8. The summed E-state index contributed by atoms with van der Waals surface area (Å²) in [6, 6.07) is 1.93. The predicted octanol–water partition coefficient (Wildman–Crippen LogP) is 6.98. The van der Waals surface area contributed by atoms with Crippen LogP contribution in [0, 0.1) is 29.1 Å². The van der Waals surface area contributed by atoms with E-state index in [0.29, 0.717) is 11.8 Å². The summed E-state index contributed by atoms with van der Waals surface area (Å²) in [7, 11) is 0. The molecule has 1 aromatic heterocycles. The number of aromatic nitrogens is 2. The number of fused-ring (bicyclic) bond motifs is 2. The number of nitrogens with two attached hydrogens (primary N) is 1. The molecule has 0 radical (unpaired) electrons. The number of nitrogen functional groups attached to an aromatic ring is 1. The fourth-order valence-electron chi connectivity index (χ4n) is 8.46. The van der Waals surface area contributed by atoms with Crippen molar-refractivity contribution < 1.29 is 0 Å². The molecule has 1 aliphatic heterocycles. The van der Waals surface area contributed by atoms with Crippen molar-refractivity contribution in [2.24, 2.45) is 29.1 Å².